The molecule has 14 heavy (non-hydrogen) atoms. The van der Waals surface area contributed by atoms with Gasteiger partial charge in [-0.25, -0.2) is 4.79 Å². The number of ether oxygens (including phenoxy) is 1. The first-order valence-corrected chi connectivity index (χ1v) is 5.33. The van der Waals surface area contributed by atoms with Crippen LogP contribution < -0.4 is 0 Å². The van der Waals surface area contributed by atoms with Crippen molar-refractivity contribution in [1.82, 2.24) is 0 Å². The highest BCUT2D eigenvalue weighted by Gasteiger charge is 2.04. The van der Waals surface area contributed by atoms with Gasteiger partial charge in [0.25, 0.3) is 0 Å². The van der Waals surface area contributed by atoms with Crippen LogP contribution in [0.5, 0.6) is 0 Å². The van der Waals surface area contributed by atoms with Crippen molar-refractivity contribution in [3.05, 3.63) is 17.4 Å². The highest BCUT2D eigenvalue weighted by molar-refractivity contribution is 5.81. The van der Waals surface area contributed by atoms with Crippen LogP contribution in [0.3, 0.4) is 0 Å². The van der Waals surface area contributed by atoms with Crippen molar-refractivity contribution < 1.29 is 9.53 Å². The van der Waals surface area contributed by atoms with Crippen LogP contribution >= 0.6 is 0 Å². The zero-order chi connectivity index (χ0) is 10.4. The lowest BCUT2D eigenvalue weighted by atomic mass is 9.96. The quantitative estimate of drug-likeness (QED) is 0.384. The summed E-state index contributed by atoms with van der Waals surface area (Å²) in [5.74, 6) is -0.280. The topological polar surface area (TPSA) is 26.3 Å². The van der Waals surface area contributed by atoms with Crippen LogP contribution in [0.1, 0.15) is 46.0 Å². The minimum absolute atomic E-state index is 0.0445. The largest absolute Gasteiger partial charge is 0.459 e. The summed E-state index contributed by atoms with van der Waals surface area (Å²) in [6, 6.07) is 0. The van der Waals surface area contributed by atoms with E-state index in [-0.39, 0.29) is 12.1 Å². The maximum absolute atomic E-state index is 11.1. The van der Waals surface area contributed by atoms with Crippen molar-refractivity contribution in [3.63, 3.8) is 0 Å². The molecule has 0 spiro atoms. The molecule has 0 aromatic rings. The Bertz CT molecular complexity index is 249. The molecular weight excluding hydrogens is 176 g/mol. The van der Waals surface area contributed by atoms with Crippen molar-refractivity contribution in [2.45, 2.75) is 52.1 Å². The summed E-state index contributed by atoms with van der Waals surface area (Å²) in [5, 5.41) is 0. The van der Waals surface area contributed by atoms with Crippen LogP contribution in [0.2, 0.25) is 0 Å². The van der Waals surface area contributed by atoms with Gasteiger partial charge in [0, 0.05) is 0 Å². The van der Waals surface area contributed by atoms with Gasteiger partial charge < -0.3 is 4.74 Å². The summed E-state index contributed by atoms with van der Waals surface area (Å²) in [5.41, 5.74) is 4.30. The molecule has 1 aliphatic carbocycles. The zero-order valence-electron chi connectivity index (χ0n) is 9.01. The molecule has 0 amide bonds. The Hall–Kier alpha value is -1.01. The molecule has 0 unspecified atom stereocenters. The van der Waals surface area contributed by atoms with E-state index >= 15 is 0 Å². The monoisotopic (exact) mass is 194 g/mol. The molecule has 0 aliphatic heterocycles. The second-order valence-electron chi connectivity index (χ2n) is 3.94. The molecule has 0 radical (unpaired) electrons. The van der Waals surface area contributed by atoms with Crippen molar-refractivity contribution in [2.75, 3.05) is 0 Å². The van der Waals surface area contributed by atoms with Crippen molar-refractivity contribution >= 4 is 5.97 Å². The number of rotatable bonds is 2. The van der Waals surface area contributed by atoms with Gasteiger partial charge >= 0.3 is 5.97 Å². The summed E-state index contributed by atoms with van der Waals surface area (Å²) < 4.78 is 4.97. The molecule has 1 aliphatic rings. The van der Waals surface area contributed by atoms with Gasteiger partial charge in [-0.2, -0.15) is 0 Å². The lowest BCUT2D eigenvalue weighted by Gasteiger charge is -2.10. The fourth-order valence-corrected chi connectivity index (χ4v) is 1.55. The summed E-state index contributed by atoms with van der Waals surface area (Å²) in [6.07, 6.45) is 7.33. The van der Waals surface area contributed by atoms with Gasteiger partial charge in [-0.3, -0.25) is 0 Å². The fourth-order valence-electron chi connectivity index (χ4n) is 1.55. The average Bonchev–Trinajstić information content (AvgIpc) is 2.15. The van der Waals surface area contributed by atoms with Crippen LogP contribution in [0.25, 0.3) is 0 Å². The maximum atomic E-state index is 11.1. The van der Waals surface area contributed by atoms with E-state index in [9.17, 15) is 4.79 Å². The van der Waals surface area contributed by atoms with Gasteiger partial charge in [-0.05, 0) is 45.1 Å². The van der Waals surface area contributed by atoms with E-state index < -0.39 is 0 Å². The maximum Gasteiger partial charge on any atom is 0.338 e. The van der Waals surface area contributed by atoms with E-state index in [0.717, 1.165) is 12.8 Å². The number of carbonyl (C=O) groups excluding carboxylic acids is 1. The smallest absolute Gasteiger partial charge is 0.338 e. The van der Waals surface area contributed by atoms with Crippen LogP contribution in [-0.4, -0.2) is 12.1 Å². The third-order valence-corrected chi connectivity index (χ3v) is 2.20. The van der Waals surface area contributed by atoms with E-state index in [2.05, 4.69) is 5.73 Å². The standard InChI is InChI=1S/C12H18O2/c1-10(2)14-12(13)9-8-11-6-4-3-5-7-11/h9-10H,3-7H2,1-2H3. The van der Waals surface area contributed by atoms with Crippen molar-refractivity contribution in [1.29, 1.82) is 0 Å². The lowest BCUT2D eigenvalue weighted by Crippen LogP contribution is -2.08. The van der Waals surface area contributed by atoms with Gasteiger partial charge in [0.15, 0.2) is 0 Å². The second-order valence-corrected chi connectivity index (χ2v) is 3.94. The number of hydrogen-bond donors (Lipinski definition) is 0. The molecule has 0 aromatic heterocycles. The predicted octanol–water partition coefficient (Wildman–Crippen LogP) is 2.98. The van der Waals surface area contributed by atoms with Gasteiger partial charge in [0.05, 0.1) is 12.2 Å². The molecule has 2 nitrogen and oxygen atoms in total. The molecule has 2 heteroatoms. The minimum atomic E-state index is -0.280. The van der Waals surface area contributed by atoms with E-state index in [1.807, 2.05) is 13.8 Å². The summed E-state index contributed by atoms with van der Waals surface area (Å²) >= 11 is 0. The Morgan fingerprint density at radius 2 is 2.00 bits per heavy atom. The highest BCUT2D eigenvalue weighted by Crippen LogP contribution is 2.21. The summed E-state index contributed by atoms with van der Waals surface area (Å²) in [4.78, 5) is 11.1. The molecule has 1 fully saturated rings. The number of hydrogen-bond acceptors (Lipinski definition) is 2. The molecule has 0 heterocycles. The number of esters is 1. The zero-order valence-corrected chi connectivity index (χ0v) is 9.01. The SMILES string of the molecule is CC(C)OC(=O)C=C=C1CCCCC1. The van der Waals surface area contributed by atoms with E-state index in [0.29, 0.717) is 0 Å². The van der Waals surface area contributed by atoms with Crippen LogP contribution in [0.4, 0.5) is 0 Å². The van der Waals surface area contributed by atoms with Crippen LogP contribution in [0.15, 0.2) is 17.4 Å². The second kappa shape index (κ2) is 5.66. The molecule has 0 bridgehead atoms. The molecule has 0 atom stereocenters. The molecule has 0 saturated heterocycles. The Labute approximate surface area is 85.6 Å². The predicted molar refractivity (Wildman–Crippen MR) is 55.9 cm³/mol. The first-order chi connectivity index (χ1) is 6.68. The molecule has 1 rings (SSSR count). The lowest BCUT2D eigenvalue weighted by molar-refractivity contribution is -0.141. The average molecular weight is 194 g/mol. The Kier molecular flexibility index (Phi) is 4.48. The minimum Gasteiger partial charge on any atom is -0.459 e. The Balaban J connectivity index is 2.47. The fraction of sp³-hybridized carbons (Fsp3) is 0.667. The van der Waals surface area contributed by atoms with Gasteiger partial charge in [0.1, 0.15) is 0 Å². The molecule has 0 aromatic carbocycles. The van der Waals surface area contributed by atoms with Crippen LogP contribution in [-0.2, 0) is 9.53 Å². The Morgan fingerprint density at radius 1 is 1.36 bits per heavy atom. The summed E-state index contributed by atoms with van der Waals surface area (Å²) in [7, 11) is 0. The first kappa shape index (κ1) is 11.1. The normalized spacial score (nSPS) is 16.4. The highest BCUT2D eigenvalue weighted by atomic mass is 16.5. The molecule has 78 valence electrons. The number of carbonyl (C=O) groups is 1. The van der Waals surface area contributed by atoms with Crippen LogP contribution in [0, 0.1) is 0 Å². The molecular formula is C12H18O2. The molecule has 1 saturated carbocycles. The van der Waals surface area contributed by atoms with E-state index in [1.54, 1.807) is 0 Å². The van der Waals surface area contributed by atoms with Gasteiger partial charge in [-0.15, -0.1) is 5.73 Å². The van der Waals surface area contributed by atoms with Crippen molar-refractivity contribution in [3.8, 4) is 0 Å². The van der Waals surface area contributed by atoms with E-state index in [1.165, 1.54) is 30.9 Å². The third-order valence-electron chi connectivity index (χ3n) is 2.20. The third kappa shape index (κ3) is 4.29. The van der Waals surface area contributed by atoms with Crippen molar-refractivity contribution in [2.24, 2.45) is 0 Å². The molecule has 0 N–H and O–H groups in total. The van der Waals surface area contributed by atoms with E-state index in [4.69, 9.17) is 4.74 Å². The Morgan fingerprint density at radius 3 is 2.57 bits per heavy atom. The summed E-state index contributed by atoms with van der Waals surface area (Å²) in [6.45, 7) is 3.69. The van der Waals surface area contributed by atoms with Gasteiger partial charge in [0.2, 0.25) is 0 Å². The first-order valence-electron chi connectivity index (χ1n) is 5.33. The van der Waals surface area contributed by atoms with Gasteiger partial charge in [-0.1, -0.05) is 6.42 Å².